The molecule has 0 N–H and O–H groups in total. The average molecular weight is 395 g/mol. The van der Waals surface area contributed by atoms with Crippen LogP contribution >= 0.6 is 0 Å². The molecule has 29 heavy (non-hydrogen) atoms. The SMILES string of the molecule is CC(C)(C)OC(=O)C1CC2CC1C1C3CC(C21)C1C2CC(C4C5CCC(C5)C24)C31. The molecule has 0 aliphatic heterocycles. The molecule has 8 bridgehead atoms. The molecule has 8 aliphatic rings. The molecule has 15 atom stereocenters. The van der Waals surface area contributed by atoms with Gasteiger partial charge >= 0.3 is 5.97 Å². The van der Waals surface area contributed by atoms with E-state index in [1.165, 1.54) is 6.42 Å². The number of fused-ring (bicyclic) bond motifs is 23. The fourth-order valence-electron chi connectivity index (χ4n) is 12.7. The van der Waals surface area contributed by atoms with E-state index in [2.05, 4.69) is 0 Å². The zero-order chi connectivity index (χ0) is 19.4. The molecule has 0 radical (unpaired) electrons. The molecular formula is C27H38O2. The molecular weight excluding hydrogens is 356 g/mol. The Morgan fingerprint density at radius 3 is 1.72 bits per heavy atom. The van der Waals surface area contributed by atoms with Crippen LogP contribution in [0.4, 0.5) is 0 Å². The number of carbonyl (C=O) groups excluding carboxylic acids is 1. The Balaban J connectivity index is 1.10. The summed E-state index contributed by atoms with van der Waals surface area (Å²) in [5, 5.41) is 0. The monoisotopic (exact) mass is 394 g/mol. The van der Waals surface area contributed by atoms with Crippen molar-refractivity contribution in [2.45, 2.75) is 71.3 Å². The Kier molecular flexibility index (Phi) is 3.00. The third-order valence-corrected chi connectivity index (χ3v) is 12.4. The molecule has 8 rings (SSSR count). The highest BCUT2D eigenvalue weighted by atomic mass is 16.6. The number of rotatable bonds is 1. The zero-order valence-electron chi connectivity index (χ0n) is 18.4. The Hall–Kier alpha value is -0.530. The summed E-state index contributed by atoms with van der Waals surface area (Å²) in [7, 11) is 0. The topological polar surface area (TPSA) is 26.3 Å². The third-order valence-electron chi connectivity index (χ3n) is 12.4. The predicted octanol–water partition coefficient (Wildman–Crippen LogP) is 5.41. The van der Waals surface area contributed by atoms with Gasteiger partial charge in [-0.3, -0.25) is 4.79 Å². The van der Waals surface area contributed by atoms with Gasteiger partial charge in [0.15, 0.2) is 0 Å². The van der Waals surface area contributed by atoms with Gasteiger partial charge in [-0.15, -0.1) is 0 Å². The molecule has 0 saturated heterocycles. The van der Waals surface area contributed by atoms with E-state index < -0.39 is 0 Å². The molecule has 2 nitrogen and oxygen atoms in total. The lowest BCUT2D eigenvalue weighted by atomic mass is 9.54. The minimum absolute atomic E-state index is 0.142. The van der Waals surface area contributed by atoms with E-state index in [-0.39, 0.29) is 17.5 Å². The Labute approximate surface area is 175 Å². The molecule has 0 aromatic rings. The number of carbonyl (C=O) groups is 1. The van der Waals surface area contributed by atoms with Crippen LogP contribution in [0.1, 0.15) is 65.7 Å². The largest absolute Gasteiger partial charge is 0.460 e. The smallest absolute Gasteiger partial charge is 0.309 e. The van der Waals surface area contributed by atoms with Crippen molar-refractivity contribution in [2.24, 2.45) is 88.8 Å². The van der Waals surface area contributed by atoms with Crippen LogP contribution in [-0.4, -0.2) is 11.6 Å². The fraction of sp³-hybridized carbons (Fsp3) is 0.963. The first kappa shape index (κ1) is 17.1. The van der Waals surface area contributed by atoms with Gasteiger partial charge in [-0.2, -0.15) is 0 Å². The molecule has 8 saturated carbocycles. The van der Waals surface area contributed by atoms with E-state index >= 15 is 0 Å². The van der Waals surface area contributed by atoms with Crippen LogP contribution in [0.2, 0.25) is 0 Å². The van der Waals surface area contributed by atoms with Crippen LogP contribution in [0.25, 0.3) is 0 Å². The van der Waals surface area contributed by atoms with E-state index in [1.54, 1.807) is 32.1 Å². The molecule has 0 heterocycles. The first-order chi connectivity index (χ1) is 13.9. The number of hydrogen-bond donors (Lipinski definition) is 0. The van der Waals surface area contributed by atoms with Crippen molar-refractivity contribution >= 4 is 5.97 Å². The maximum absolute atomic E-state index is 13.0. The first-order valence-electron chi connectivity index (χ1n) is 13.1. The highest BCUT2D eigenvalue weighted by Crippen LogP contribution is 2.81. The molecule has 2 heteroatoms. The maximum Gasteiger partial charge on any atom is 0.309 e. The van der Waals surface area contributed by atoms with Crippen molar-refractivity contribution in [1.29, 1.82) is 0 Å². The van der Waals surface area contributed by atoms with Crippen LogP contribution in [-0.2, 0) is 9.53 Å². The predicted molar refractivity (Wildman–Crippen MR) is 111 cm³/mol. The lowest BCUT2D eigenvalue weighted by molar-refractivity contribution is -0.164. The van der Waals surface area contributed by atoms with Crippen molar-refractivity contribution in [3.8, 4) is 0 Å². The van der Waals surface area contributed by atoms with Gasteiger partial charge < -0.3 is 4.74 Å². The van der Waals surface area contributed by atoms with E-state index in [9.17, 15) is 4.79 Å². The minimum Gasteiger partial charge on any atom is -0.460 e. The molecule has 15 unspecified atom stereocenters. The highest BCUT2D eigenvalue weighted by molar-refractivity contribution is 5.74. The summed E-state index contributed by atoms with van der Waals surface area (Å²) in [5.74, 6) is 14.8. The van der Waals surface area contributed by atoms with Crippen molar-refractivity contribution in [3.63, 3.8) is 0 Å². The lowest BCUT2D eigenvalue weighted by Crippen LogP contribution is -2.48. The van der Waals surface area contributed by atoms with Gasteiger partial charge in [-0.1, -0.05) is 0 Å². The van der Waals surface area contributed by atoms with E-state index in [1.807, 2.05) is 20.8 Å². The standard InChI is InChI=1S/C27H38O2/c1-27(2,3)29-26(28)15-8-13-7-14(15)23-19-10-18(22(13)23)24-16-9-17(25(19)24)21-12-5-4-11(6-12)20(16)21/h11-25H,4-10H2,1-3H3. The van der Waals surface area contributed by atoms with Crippen LogP contribution in [0, 0.1) is 88.8 Å². The Bertz CT molecular complexity index is 780. The van der Waals surface area contributed by atoms with Gasteiger partial charge in [0.1, 0.15) is 5.60 Å². The third kappa shape index (κ3) is 1.88. The lowest BCUT2D eigenvalue weighted by Gasteiger charge is -2.51. The molecule has 8 aliphatic carbocycles. The summed E-state index contributed by atoms with van der Waals surface area (Å²) in [6.07, 6.45) is 10.4. The average Bonchev–Trinajstić information content (AvgIpc) is 3.50. The fourth-order valence-corrected chi connectivity index (χ4v) is 12.7. The van der Waals surface area contributed by atoms with Gasteiger partial charge in [0.2, 0.25) is 0 Å². The quantitative estimate of drug-likeness (QED) is 0.439. The van der Waals surface area contributed by atoms with Gasteiger partial charge in [-0.05, 0) is 149 Å². The molecule has 8 fully saturated rings. The van der Waals surface area contributed by atoms with Crippen LogP contribution < -0.4 is 0 Å². The number of esters is 1. The summed E-state index contributed by atoms with van der Waals surface area (Å²) >= 11 is 0. The summed E-state index contributed by atoms with van der Waals surface area (Å²) in [4.78, 5) is 13.0. The van der Waals surface area contributed by atoms with E-state index in [0.717, 1.165) is 83.4 Å². The van der Waals surface area contributed by atoms with Gasteiger partial charge in [0, 0.05) is 0 Å². The maximum atomic E-state index is 13.0. The van der Waals surface area contributed by atoms with Crippen molar-refractivity contribution in [3.05, 3.63) is 0 Å². The van der Waals surface area contributed by atoms with Gasteiger partial charge in [-0.25, -0.2) is 0 Å². The minimum atomic E-state index is -0.334. The van der Waals surface area contributed by atoms with Crippen molar-refractivity contribution < 1.29 is 9.53 Å². The van der Waals surface area contributed by atoms with Gasteiger partial charge in [0.25, 0.3) is 0 Å². The number of hydrogen-bond acceptors (Lipinski definition) is 2. The molecule has 0 amide bonds. The summed E-state index contributed by atoms with van der Waals surface area (Å²) in [6.45, 7) is 6.10. The first-order valence-corrected chi connectivity index (χ1v) is 13.1. The molecule has 0 aromatic heterocycles. The summed E-state index contributed by atoms with van der Waals surface area (Å²) < 4.78 is 5.89. The second-order valence-corrected chi connectivity index (χ2v) is 14.0. The van der Waals surface area contributed by atoms with Crippen molar-refractivity contribution in [2.75, 3.05) is 0 Å². The van der Waals surface area contributed by atoms with Crippen LogP contribution in [0.5, 0.6) is 0 Å². The highest BCUT2D eigenvalue weighted by Gasteiger charge is 2.76. The number of ether oxygens (including phenoxy) is 1. The van der Waals surface area contributed by atoms with Gasteiger partial charge in [0.05, 0.1) is 5.92 Å². The second-order valence-electron chi connectivity index (χ2n) is 14.0. The molecule has 0 spiro atoms. The zero-order valence-corrected chi connectivity index (χ0v) is 18.4. The Morgan fingerprint density at radius 1 is 0.621 bits per heavy atom. The van der Waals surface area contributed by atoms with Crippen LogP contribution in [0.15, 0.2) is 0 Å². The van der Waals surface area contributed by atoms with E-state index in [4.69, 9.17) is 4.74 Å². The summed E-state index contributed by atoms with van der Waals surface area (Å²) in [5.41, 5.74) is -0.334. The van der Waals surface area contributed by atoms with E-state index in [0.29, 0.717) is 5.92 Å². The molecule has 0 aromatic carbocycles. The molecule has 158 valence electrons. The van der Waals surface area contributed by atoms with Crippen molar-refractivity contribution in [1.82, 2.24) is 0 Å². The Morgan fingerprint density at radius 2 is 1.14 bits per heavy atom. The normalized spacial score (nSPS) is 64.6. The summed E-state index contributed by atoms with van der Waals surface area (Å²) in [6, 6.07) is 0. The van der Waals surface area contributed by atoms with Crippen LogP contribution in [0.3, 0.4) is 0 Å². The second kappa shape index (κ2) is 5.09.